The van der Waals surface area contributed by atoms with Gasteiger partial charge in [0.2, 0.25) is 0 Å². The molecule has 0 radical (unpaired) electrons. The number of halogens is 5. The van der Waals surface area contributed by atoms with Crippen LogP contribution < -0.4 is 16.4 Å². The molecule has 9 nitrogen and oxygen atoms in total. The first-order chi connectivity index (χ1) is 19.9. The molecule has 0 saturated heterocycles. The highest BCUT2D eigenvalue weighted by molar-refractivity contribution is 5.97. The van der Waals surface area contributed by atoms with Gasteiger partial charge in [0.15, 0.2) is 40.3 Å². The number of carbonyl (C=O) groups is 1. The van der Waals surface area contributed by atoms with E-state index >= 15 is 0 Å². The number of pyridine rings is 1. The van der Waals surface area contributed by atoms with Gasteiger partial charge >= 0.3 is 6.18 Å². The van der Waals surface area contributed by atoms with Crippen LogP contribution in [0.15, 0.2) is 60.9 Å². The summed E-state index contributed by atoms with van der Waals surface area (Å²) in [5, 5.41) is 12.8. The third-order valence-electron chi connectivity index (χ3n) is 6.61. The van der Waals surface area contributed by atoms with E-state index in [1.54, 1.807) is 25.3 Å². The van der Waals surface area contributed by atoms with E-state index < -0.39 is 47.2 Å². The Bertz CT molecular complexity index is 1770. The van der Waals surface area contributed by atoms with Gasteiger partial charge in [0, 0.05) is 11.8 Å². The Morgan fingerprint density at radius 2 is 1.62 bits per heavy atom. The minimum atomic E-state index is -4.85. The lowest BCUT2D eigenvalue weighted by Gasteiger charge is -2.20. The van der Waals surface area contributed by atoms with Crippen LogP contribution in [0.25, 0.3) is 22.2 Å². The molecule has 0 aliphatic rings. The lowest BCUT2D eigenvalue weighted by Crippen LogP contribution is -2.30. The summed E-state index contributed by atoms with van der Waals surface area (Å²) in [6.45, 7) is 3.21. The Morgan fingerprint density at radius 3 is 2.31 bits per heavy atom. The van der Waals surface area contributed by atoms with E-state index in [9.17, 15) is 26.7 Å². The van der Waals surface area contributed by atoms with Gasteiger partial charge in [-0.25, -0.2) is 23.7 Å². The number of rotatable bonds is 7. The molecule has 3 heterocycles. The Morgan fingerprint density at radius 1 is 0.905 bits per heavy atom. The van der Waals surface area contributed by atoms with Crippen LogP contribution >= 0.6 is 0 Å². The molecule has 216 valence electrons. The summed E-state index contributed by atoms with van der Waals surface area (Å²) in [5.74, 6) is -3.06. The van der Waals surface area contributed by atoms with Crippen molar-refractivity contribution in [1.29, 1.82) is 0 Å². The van der Waals surface area contributed by atoms with Gasteiger partial charge < -0.3 is 16.4 Å². The largest absolute Gasteiger partial charge is 0.434 e. The Balaban J connectivity index is 1.38. The molecule has 5 aromatic rings. The zero-order valence-corrected chi connectivity index (χ0v) is 22.1. The van der Waals surface area contributed by atoms with E-state index in [1.165, 1.54) is 13.0 Å². The Labute approximate surface area is 235 Å². The topological polar surface area (TPSA) is 134 Å². The van der Waals surface area contributed by atoms with Gasteiger partial charge in [0.1, 0.15) is 0 Å². The van der Waals surface area contributed by atoms with E-state index in [-0.39, 0.29) is 11.4 Å². The zero-order valence-electron chi connectivity index (χ0n) is 22.1. The highest BCUT2D eigenvalue weighted by Crippen LogP contribution is 2.30. The molecule has 0 unspecified atom stereocenters. The Kier molecular flexibility index (Phi) is 7.45. The van der Waals surface area contributed by atoms with Crippen LogP contribution in [0.2, 0.25) is 0 Å². The van der Waals surface area contributed by atoms with Crippen molar-refractivity contribution in [3.63, 3.8) is 0 Å². The molecular weight excluding hydrogens is 559 g/mol. The number of nitrogens with zero attached hydrogens (tertiary/aromatic N) is 4. The fraction of sp³-hybridized carbons (Fsp3) is 0.179. The molecule has 0 spiro atoms. The maximum Gasteiger partial charge on any atom is 0.434 e. The molecule has 5 N–H and O–H groups in total. The molecule has 0 bridgehead atoms. The van der Waals surface area contributed by atoms with Crippen LogP contribution in [-0.2, 0) is 6.18 Å². The second-order valence-corrected chi connectivity index (χ2v) is 9.54. The van der Waals surface area contributed by atoms with Crippen LogP contribution in [0.5, 0.6) is 0 Å². The first-order valence-corrected chi connectivity index (χ1v) is 12.6. The molecule has 3 aromatic heterocycles. The molecule has 0 saturated carbocycles. The minimum absolute atomic E-state index is 0.195. The number of anilines is 2. The number of benzene rings is 2. The number of aromatic amines is 1. The summed E-state index contributed by atoms with van der Waals surface area (Å²) in [7, 11) is 0. The first kappa shape index (κ1) is 28.4. The summed E-state index contributed by atoms with van der Waals surface area (Å²) in [5.41, 5.74) is 7.03. The maximum atomic E-state index is 13.7. The summed E-state index contributed by atoms with van der Waals surface area (Å²) < 4.78 is 67.3. The van der Waals surface area contributed by atoms with Crippen LogP contribution in [0.3, 0.4) is 0 Å². The Hall–Kier alpha value is -5.14. The fourth-order valence-corrected chi connectivity index (χ4v) is 4.25. The van der Waals surface area contributed by atoms with Crippen molar-refractivity contribution >= 4 is 28.6 Å². The number of aromatic nitrogens is 5. The average molecular weight is 583 g/mol. The second-order valence-electron chi connectivity index (χ2n) is 9.54. The molecule has 14 heteroatoms. The van der Waals surface area contributed by atoms with Crippen molar-refractivity contribution in [2.24, 2.45) is 0 Å². The van der Waals surface area contributed by atoms with Crippen molar-refractivity contribution in [3.05, 3.63) is 95.1 Å². The van der Waals surface area contributed by atoms with Crippen molar-refractivity contribution in [2.45, 2.75) is 32.1 Å². The molecule has 0 aliphatic carbocycles. The summed E-state index contributed by atoms with van der Waals surface area (Å²) in [4.78, 5) is 24.8. The van der Waals surface area contributed by atoms with E-state index in [2.05, 4.69) is 35.8 Å². The van der Waals surface area contributed by atoms with Gasteiger partial charge in [-0.05, 0) is 48.7 Å². The van der Waals surface area contributed by atoms with Gasteiger partial charge in [0.25, 0.3) is 5.91 Å². The van der Waals surface area contributed by atoms with E-state index in [0.717, 1.165) is 28.8 Å². The summed E-state index contributed by atoms with van der Waals surface area (Å²) in [6, 6.07) is 10.8. The van der Waals surface area contributed by atoms with E-state index in [4.69, 9.17) is 5.73 Å². The number of nitrogen functional groups attached to an aromatic ring is 1. The monoisotopic (exact) mass is 582 g/mol. The van der Waals surface area contributed by atoms with Crippen molar-refractivity contribution in [2.75, 3.05) is 11.1 Å². The molecule has 0 fully saturated rings. The molecule has 5 rings (SSSR count). The highest BCUT2D eigenvalue weighted by atomic mass is 19.4. The predicted molar refractivity (Wildman–Crippen MR) is 145 cm³/mol. The van der Waals surface area contributed by atoms with Crippen LogP contribution in [-0.4, -0.2) is 31.1 Å². The lowest BCUT2D eigenvalue weighted by molar-refractivity contribution is -0.141. The second kappa shape index (κ2) is 11.0. The average Bonchev–Trinajstić information content (AvgIpc) is 3.33. The molecule has 2 aromatic carbocycles. The van der Waals surface area contributed by atoms with Gasteiger partial charge in [-0.1, -0.05) is 30.3 Å². The van der Waals surface area contributed by atoms with E-state index in [1.807, 2.05) is 18.2 Å². The lowest BCUT2D eigenvalue weighted by atomic mass is 10.0. The SMILES string of the molecule is C[C@H](NC(=O)c1nc(C(F)(F)F)cnc1N[C@H](C)c1ccc(-c2cnc3[nH]nc(N)c3c2)cc1)c1ccc(F)c(F)c1. The quantitative estimate of drug-likeness (QED) is 0.174. The molecule has 1 amide bonds. The minimum Gasteiger partial charge on any atom is -0.382 e. The number of nitrogens with one attached hydrogen (secondary N) is 3. The van der Waals surface area contributed by atoms with Gasteiger partial charge in [-0.15, -0.1) is 0 Å². The van der Waals surface area contributed by atoms with Gasteiger partial charge in [-0.2, -0.15) is 18.3 Å². The number of hydrogen-bond acceptors (Lipinski definition) is 7. The third-order valence-corrected chi connectivity index (χ3v) is 6.61. The van der Waals surface area contributed by atoms with Gasteiger partial charge in [0.05, 0.1) is 23.7 Å². The number of hydrogen-bond donors (Lipinski definition) is 4. The van der Waals surface area contributed by atoms with Crippen molar-refractivity contribution in [1.82, 2.24) is 30.5 Å². The number of fused-ring (bicyclic) bond motifs is 1. The van der Waals surface area contributed by atoms with Crippen molar-refractivity contribution < 1.29 is 26.7 Å². The predicted octanol–water partition coefficient (Wildman–Crippen LogP) is 5.96. The molecule has 0 aliphatic heterocycles. The van der Waals surface area contributed by atoms with Gasteiger partial charge in [-0.3, -0.25) is 9.89 Å². The number of carbonyl (C=O) groups excluding carboxylic acids is 1. The normalized spacial score (nSPS) is 13.1. The molecule has 42 heavy (non-hydrogen) atoms. The summed E-state index contributed by atoms with van der Waals surface area (Å²) in [6.07, 6.45) is -2.66. The third kappa shape index (κ3) is 5.82. The van der Waals surface area contributed by atoms with Crippen molar-refractivity contribution in [3.8, 4) is 11.1 Å². The number of alkyl halides is 3. The molecular formula is C28H23F5N8O. The first-order valence-electron chi connectivity index (χ1n) is 12.6. The standard InChI is InChI=1S/C28H23F5N8O/c1-13(15-3-5-16(6-4-15)18-9-19-24(34)40-41-25(19)35-11-18)37-26-23(39-22(12-36-26)28(31,32)33)27(42)38-14(2)17-7-8-20(29)21(30)10-17/h3-14H,1-2H3,(H,36,37)(H,38,42)(H3,34,35,40,41)/t13-,14+/m1/s1. The van der Waals surface area contributed by atoms with E-state index in [0.29, 0.717) is 23.0 Å². The summed E-state index contributed by atoms with van der Waals surface area (Å²) >= 11 is 0. The number of amides is 1. The smallest absolute Gasteiger partial charge is 0.382 e. The number of H-pyrrole nitrogens is 1. The highest BCUT2D eigenvalue weighted by Gasteiger charge is 2.35. The van der Waals surface area contributed by atoms with Crippen LogP contribution in [0.1, 0.15) is 53.2 Å². The molecule has 2 atom stereocenters. The zero-order chi connectivity index (χ0) is 30.2. The number of nitrogens with two attached hydrogens (primary N) is 1. The maximum absolute atomic E-state index is 13.7. The van der Waals surface area contributed by atoms with Crippen LogP contribution in [0.4, 0.5) is 33.6 Å². The fourth-order valence-electron chi connectivity index (χ4n) is 4.25. The van der Waals surface area contributed by atoms with Crippen LogP contribution in [0, 0.1) is 11.6 Å².